The second-order valence-electron chi connectivity index (χ2n) is 5.19. The average Bonchev–Trinajstić information content (AvgIpc) is 2.55. The van der Waals surface area contributed by atoms with E-state index in [1.54, 1.807) is 14.2 Å². The van der Waals surface area contributed by atoms with Gasteiger partial charge in [0.25, 0.3) is 0 Å². The number of ether oxygens (including phenoxy) is 3. The topological polar surface area (TPSA) is 68.8 Å². The smallest absolute Gasteiger partial charge is 0.222 e. The first-order valence-electron chi connectivity index (χ1n) is 7.53. The van der Waals surface area contributed by atoms with Gasteiger partial charge in [0.2, 0.25) is 5.91 Å². The Morgan fingerprint density at radius 1 is 1.36 bits per heavy atom. The maximum atomic E-state index is 11.9. The van der Waals surface area contributed by atoms with Crippen molar-refractivity contribution in [2.75, 3.05) is 40.5 Å². The van der Waals surface area contributed by atoms with Crippen LogP contribution in [0.4, 0.5) is 0 Å². The Hall–Kier alpha value is -1.79. The van der Waals surface area contributed by atoms with Crippen LogP contribution in [0, 0.1) is 0 Å². The van der Waals surface area contributed by atoms with E-state index >= 15 is 0 Å². The minimum Gasteiger partial charge on any atom is -0.493 e. The van der Waals surface area contributed by atoms with Crippen molar-refractivity contribution in [2.45, 2.75) is 18.9 Å². The third-order valence-corrected chi connectivity index (χ3v) is 3.60. The molecular formula is C16H24N2O4. The number of morpholine rings is 1. The molecule has 122 valence electrons. The van der Waals surface area contributed by atoms with Crippen molar-refractivity contribution in [1.82, 2.24) is 10.6 Å². The number of amides is 1. The summed E-state index contributed by atoms with van der Waals surface area (Å²) in [5.74, 6) is 1.43. The molecule has 22 heavy (non-hydrogen) atoms. The van der Waals surface area contributed by atoms with Gasteiger partial charge in [0.1, 0.15) is 0 Å². The average molecular weight is 308 g/mol. The van der Waals surface area contributed by atoms with Crippen molar-refractivity contribution in [1.29, 1.82) is 0 Å². The molecule has 1 atom stereocenters. The van der Waals surface area contributed by atoms with Crippen LogP contribution in [0.5, 0.6) is 11.5 Å². The molecular weight excluding hydrogens is 284 g/mol. The van der Waals surface area contributed by atoms with E-state index in [9.17, 15) is 4.79 Å². The minimum atomic E-state index is -0.0187. The van der Waals surface area contributed by atoms with Crippen LogP contribution >= 0.6 is 0 Å². The summed E-state index contributed by atoms with van der Waals surface area (Å²) < 4.78 is 16.0. The summed E-state index contributed by atoms with van der Waals surface area (Å²) in [4.78, 5) is 11.9. The lowest BCUT2D eigenvalue weighted by Crippen LogP contribution is -2.41. The van der Waals surface area contributed by atoms with Gasteiger partial charge in [-0.15, -0.1) is 0 Å². The monoisotopic (exact) mass is 308 g/mol. The number of benzene rings is 1. The standard InChI is InChI=1S/C16H24N2O4/c1-20-14-4-3-12(9-15(14)21-2)5-6-18-16(19)10-13-11-17-7-8-22-13/h3-4,9,13,17H,5-8,10-11H2,1-2H3,(H,18,19). The minimum absolute atomic E-state index is 0.0187. The van der Waals surface area contributed by atoms with Crippen LogP contribution in [0.1, 0.15) is 12.0 Å². The van der Waals surface area contributed by atoms with E-state index in [1.807, 2.05) is 18.2 Å². The lowest BCUT2D eigenvalue weighted by atomic mass is 10.1. The van der Waals surface area contributed by atoms with Crippen LogP contribution in [0.15, 0.2) is 18.2 Å². The van der Waals surface area contributed by atoms with Gasteiger partial charge in [0, 0.05) is 19.6 Å². The zero-order valence-electron chi connectivity index (χ0n) is 13.2. The molecule has 1 amide bonds. The van der Waals surface area contributed by atoms with E-state index in [0.717, 1.165) is 25.1 Å². The molecule has 0 bridgehead atoms. The van der Waals surface area contributed by atoms with Gasteiger partial charge in [-0.1, -0.05) is 6.07 Å². The Morgan fingerprint density at radius 3 is 2.86 bits per heavy atom. The molecule has 1 aliphatic heterocycles. The van der Waals surface area contributed by atoms with Crippen LogP contribution in [0.25, 0.3) is 0 Å². The summed E-state index contributed by atoms with van der Waals surface area (Å²) in [6.45, 7) is 2.86. The predicted molar refractivity (Wildman–Crippen MR) is 83.5 cm³/mol. The zero-order valence-corrected chi connectivity index (χ0v) is 13.2. The van der Waals surface area contributed by atoms with Crippen LogP contribution in [0.3, 0.4) is 0 Å². The molecule has 0 aromatic heterocycles. The van der Waals surface area contributed by atoms with E-state index in [4.69, 9.17) is 14.2 Å². The van der Waals surface area contributed by atoms with Crippen molar-refractivity contribution in [2.24, 2.45) is 0 Å². The summed E-state index contributed by atoms with van der Waals surface area (Å²) in [7, 11) is 3.22. The molecule has 1 aliphatic rings. The SMILES string of the molecule is COc1ccc(CCNC(=O)CC2CNCCO2)cc1OC. The van der Waals surface area contributed by atoms with Crippen LogP contribution in [-0.2, 0) is 16.0 Å². The second-order valence-corrected chi connectivity index (χ2v) is 5.19. The molecule has 2 N–H and O–H groups in total. The lowest BCUT2D eigenvalue weighted by molar-refractivity contribution is -0.124. The quantitative estimate of drug-likeness (QED) is 0.778. The molecule has 6 heteroatoms. The highest BCUT2D eigenvalue weighted by atomic mass is 16.5. The highest BCUT2D eigenvalue weighted by Gasteiger charge is 2.16. The van der Waals surface area contributed by atoms with Gasteiger partial charge in [-0.3, -0.25) is 4.79 Å². The van der Waals surface area contributed by atoms with Gasteiger partial charge in [-0.05, 0) is 24.1 Å². The van der Waals surface area contributed by atoms with Crippen LogP contribution in [0.2, 0.25) is 0 Å². The highest BCUT2D eigenvalue weighted by Crippen LogP contribution is 2.27. The molecule has 0 aliphatic carbocycles. The Morgan fingerprint density at radius 2 is 2.18 bits per heavy atom. The molecule has 0 spiro atoms. The Kier molecular flexibility index (Phi) is 6.48. The molecule has 0 radical (unpaired) electrons. The fraction of sp³-hybridized carbons (Fsp3) is 0.562. The number of nitrogens with one attached hydrogen (secondary N) is 2. The van der Waals surface area contributed by atoms with Gasteiger partial charge in [-0.25, -0.2) is 0 Å². The van der Waals surface area contributed by atoms with Gasteiger partial charge in [0.05, 0.1) is 33.4 Å². The maximum absolute atomic E-state index is 11.9. The number of hydrogen-bond donors (Lipinski definition) is 2. The fourth-order valence-electron chi connectivity index (χ4n) is 2.41. The molecule has 1 aromatic rings. The molecule has 6 nitrogen and oxygen atoms in total. The van der Waals surface area contributed by atoms with Gasteiger partial charge in [-0.2, -0.15) is 0 Å². The Labute approximate surface area is 131 Å². The van der Waals surface area contributed by atoms with Crippen molar-refractivity contribution in [3.63, 3.8) is 0 Å². The van der Waals surface area contributed by atoms with E-state index in [-0.39, 0.29) is 12.0 Å². The number of carbonyl (C=O) groups excluding carboxylic acids is 1. The Bertz CT molecular complexity index is 487. The fourth-order valence-corrected chi connectivity index (χ4v) is 2.41. The normalized spacial score (nSPS) is 17.8. The number of hydrogen-bond acceptors (Lipinski definition) is 5. The van der Waals surface area contributed by atoms with E-state index in [1.165, 1.54) is 0 Å². The van der Waals surface area contributed by atoms with Gasteiger partial charge >= 0.3 is 0 Å². The van der Waals surface area contributed by atoms with E-state index < -0.39 is 0 Å². The molecule has 0 saturated carbocycles. The number of methoxy groups -OCH3 is 2. The maximum Gasteiger partial charge on any atom is 0.222 e. The summed E-state index contributed by atoms with van der Waals surface area (Å²) >= 11 is 0. The molecule has 2 rings (SSSR count). The largest absolute Gasteiger partial charge is 0.493 e. The molecule has 1 saturated heterocycles. The zero-order chi connectivity index (χ0) is 15.8. The lowest BCUT2D eigenvalue weighted by Gasteiger charge is -2.23. The van der Waals surface area contributed by atoms with E-state index in [0.29, 0.717) is 31.1 Å². The predicted octanol–water partition coefficient (Wildman–Crippen LogP) is 0.741. The van der Waals surface area contributed by atoms with Gasteiger partial charge in [0.15, 0.2) is 11.5 Å². The van der Waals surface area contributed by atoms with Crippen LogP contribution in [-0.4, -0.2) is 52.5 Å². The third-order valence-electron chi connectivity index (χ3n) is 3.60. The Balaban J connectivity index is 1.74. The first-order chi connectivity index (χ1) is 10.7. The summed E-state index contributed by atoms with van der Waals surface area (Å²) in [5, 5.41) is 6.14. The first-order valence-corrected chi connectivity index (χ1v) is 7.53. The summed E-state index contributed by atoms with van der Waals surface area (Å²) in [6.07, 6.45) is 1.13. The molecule has 1 fully saturated rings. The van der Waals surface area contributed by atoms with Crippen molar-refractivity contribution in [3.05, 3.63) is 23.8 Å². The van der Waals surface area contributed by atoms with Gasteiger partial charge < -0.3 is 24.8 Å². The molecule has 1 aromatic carbocycles. The second kappa shape index (κ2) is 8.60. The van der Waals surface area contributed by atoms with Crippen molar-refractivity contribution >= 4 is 5.91 Å². The summed E-state index contributed by atoms with van der Waals surface area (Å²) in [6, 6.07) is 5.78. The number of rotatable bonds is 7. The molecule has 1 heterocycles. The van der Waals surface area contributed by atoms with Crippen LogP contribution < -0.4 is 20.1 Å². The highest BCUT2D eigenvalue weighted by molar-refractivity contribution is 5.76. The van der Waals surface area contributed by atoms with Crippen molar-refractivity contribution < 1.29 is 19.0 Å². The number of carbonyl (C=O) groups is 1. The first kappa shape index (κ1) is 16.6. The molecule has 1 unspecified atom stereocenters. The van der Waals surface area contributed by atoms with Crippen molar-refractivity contribution in [3.8, 4) is 11.5 Å². The third kappa shape index (κ3) is 4.89. The van der Waals surface area contributed by atoms with E-state index in [2.05, 4.69) is 10.6 Å². The summed E-state index contributed by atoms with van der Waals surface area (Å²) in [5.41, 5.74) is 1.09.